The molecule has 0 spiro atoms. The zero-order valence-corrected chi connectivity index (χ0v) is 43.3. The molecule has 0 aliphatic carbocycles. The summed E-state index contributed by atoms with van der Waals surface area (Å²) in [5.41, 5.74) is 45.0. The van der Waals surface area contributed by atoms with Crippen molar-refractivity contribution < 1.29 is 43.5 Å². The van der Waals surface area contributed by atoms with Crippen LogP contribution >= 0.6 is 0 Å². The summed E-state index contributed by atoms with van der Waals surface area (Å²) in [5.74, 6) is -6.52. The van der Waals surface area contributed by atoms with Crippen molar-refractivity contribution in [2.75, 3.05) is 26.2 Å². The third-order valence-electron chi connectivity index (χ3n) is 12.0. The summed E-state index contributed by atoms with van der Waals surface area (Å²) in [6, 6.07) is -3.43. The van der Waals surface area contributed by atoms with E-state index in [1.165, 1.54) is 24.0 Å². The molecule has 8 amide bonds. The molecule has 1 aliphatic rings. The molecular weight excluding hydrogens is 961 g/mol. The predicted octanol–water partition coefficient (Wildman–Crippen LogP) is -4.08. The standard InChI is InChI=1S/C47H82N18O9/c1-25(2)14-19-31(37(49)67)60-38(68)27(5)59-41(71)34(24-28-15-17-29(66)18-16-28)63-43(73)36(26(3)4)64-40(70)32(11-7-21-57-46(52)53)61-42(72)35-13-9-23-65(35)44(74)33(12-8-22-58-47(54)55)62-39(69)30(48)10-6-20-56-45(50)51/h15-18,25-27,30-36,66H,6-14,19-24,48H2,1-5H3,(H2,49,67)(H,59,71)(H,60,68)(H,61,72)(H,62,69)(H,63,73)(H,64,70)(H4,50,51,56)(H4,52,53,57)(H4,54,55,58). The minimum atomic E-state index is -1.33. The number of nitrogens with zero attached hydrogens (tertiary/aromatic N) is 4. The van der Waals surface area contributed by atoms with Crippen LogP contribution < -0.4 is 77.8 Å². The van der Waals surface area contributed by atoms with Crippen LogP contribution in [0.5, 0.6) is 5.75 Å². The minimum absolute atomic E-state index is 0.0219. The first-order valence-corrected chi connectivity index (χ1v) is 24.9. The van der Waals surface area contributed by atoms with Gasteiger partial charge in [-0.2, -0.15) is 0 Å². The maximum Gasteiger partial charge on any atom is 0.245 e. The Labute approximate surface area is 432 Å². The fourth-order valence-electron chi connectivity index (χ4n) is 7.82. The van der Waals surface area contributed by atoms with Crippen molar-refractivity contribution in [3.8, 4) is 5.75 Å². The Morgan fingerprint density at radius 1 is 0.595 bits per heavy atom. The number of likely N-dealkylation sites (tertiary alicyclic amines) is 1. The average Bonchev–Trinajstić information content (AvgIpc) is 3.82. The lowest BCUT2D eigenvalue weighted by atomic mass is 9.99. The van der Waals surface area contributed by atoms with Gasteiger partial charge in [0.15, 0.2) is 17.9 Å². The molecule has 1 aromatic rings. The van der Waals surface area contributed by atoms with E-state index < -0.39 is 102 Å². The van der Waals surface area contributed by atoms with Gasteiger partial charge in [-0.1, -0.05) is 39.8 Å². The fraction of sp³-hybridized carbons (Fsp3) is 0.638. The van der Waals surface area contributed by atoms with Gasteiger partial charge in [-0.3, -0.25) is 53.3 Å². The second kappa shape index (κ2) is 31.9. The highest BCUT2D eigenvalue weighted by Crippen LogP contribution is 2.21. The molecule has 414 valence electrons. The van der Waals surface area contributed by atoms with Crippen LogP contribution in [0.25, 0.3) is 0 Å². The van der Waals surface area contributed by atoms with Gasteiger partial charge in [-0.15, -0.1) is 0 Å². The maximum atomic E-state index is 14.3. The first kappa shape index (κ1) is 62.7. The SMILES string of the molecule is CC(C)CCC(NC(=O)C(C)NC(=O)C(Cc1ccc(O)cc1)NC(=O)C(NC(=O)C(CCCN=C(N)N)NC(=O)C1CCCN1C(=O)C(CCCN=C(N)N)NC(=O)C(N)CCCN=C(N)N)C(C)C)C(N)=O. The first-order valence-electron chi connectivity index (χ1n) is 24.9. The van der Waals surface area contributed by atoms with Gasteiger partial charge in [-0.25, -0.2) is 0 Å². The third kappa shape index (κ3) is 23.0. The van der Waals surface area contributed by atoms with Crippen molar-refractivity contribution in [2.24, 2.45) is 72.7 Å². The van der Waals surface area contributed by atoms with Crippen LogP contribution in [0.2, 0.25) is 0 Å². The summed E-state index contributed by atoms with van der Waals surface area (Å²) in [7, 11) is 0. The van der Waals surface area contributed by atoms with Gasteiger partial charge in [0.25, 0.3) is 0 Å². The molecule has 27 heteroatoms. The summed E-state index contributed by atoms with van der Waals surface area (Å²) in [4.78, 5) is 123. The number of primary amides is 1. The number of hydrogen-bond acceptors (Lipinski definition) is 13. The maximum absolute atomic E-state index is 14.3. The zero-order chi connectivity index (χ0) is 55.7. The van der Waals surface area contributed by atoms with Crippen molar-refractivity contribution in [2.45, 2.75) is 154 Å². The number of nitrogens with one attached hydrogen (secondary N) is 6. The monoisotopic (exact) mass is 1040 g/mol. The molecule has 0 bridgehead atoms. The van der Waals surface area contributed by atoms with Crippen molar-refractivity contribution in [1.29, 1.82) is 0 Å². The largest absolute Gasteiger partial charge is 0.508 e. The van der Waals surface area contributed by atoms with E-state index in [4.69, 9.17) is 45.9 Å². The van der Waals surface area contributed by atoms with E-state index in [9.17, 15) is 43.5 Å². The Kier molecular flexibility index (Phi) is 27.0. The average molecular weight is 1040 g/mol. The van der Waals surface area contributed by atoms with Gasteiger partial charge < -0.3 is 87.8 Å². The topological polar surface area (TPSA) is 477 Å². The number of guanidine groups is 3. The molecule has 1 aromatic carbocycles. The first-order chi connectivity index (χ1) is 34.8. The third-order valence-corrected chi connectivity index (χ3v) is 12.0. The van der Waals surface area contributed by atoms with Crippen LogP contribution in [0.3, 0.4) is 0 Å². The van der Waals surface area contributed by atoms with Crippen molar-refractivity contribution >= 4 is 65.1 Å². The van der Waals surface area contributed by atoms with E-state index >= 15 is 0 Å². The van der Waals surface area contributed by atoms with Crippen molar-refractivity contribution in [3.05, 3.63) is 29.8 Å². The van der Waals surface area contributed by atoms with Crippen LogP contribution in [0.1, 0.15) is 104 Å². The van der Waals surface area contributed by atoms with Crippen LogP contribution in [-0.2, 0) is 44.8 Å². The Bertz CT molecular complexity index is 2130. The van der Waals surface area contributed by atoms with Crippen molar-refractivity contribution in [1.82, 2.24) is 36.8 Å². The van der Waals surface area contributed by atoms with Crippen molar-refractivity contribution in [3.63, 3.8) is 0 Å². The number of carbonyl (C=O) groups excluding carboxylic acids is 8. The number of carbonyl (C=O) groups is 8. The van der Waals surface area contributed by atoms with E-state index in [-0.39, 0.29) is 107 Å². The van der Waals surface area contributed by atoms with Crippen LogP contribution in [0.4, 0.5) is 0 Å². The Balaban J connectivity index is 2.39. The molecule has 0 aromatic heterocycles. The number of benzene rings is 1. The summed E-state index contributed by atoms with van der Waals surface area (Å²) < 4.78 is 0. The number of hydrogen-bond donors (Lipinski definition) is 15. The van der Waals surface area contributed by atoms with Gasteiger partial charge in [0.05, 0.1) is 6.04 Å². The molecule has 8 atom stereocenters. The van der Waals surface area contributed by atoms with Crippen LogP contribution in [0, 0.1) is 11.8 Å². The van der Waals surface area contributed by atoms with E-state index in [1.807, 2.05) is 13.8 Å². The summed E-state index contributed by atoms with van der Waals surface area (Å²) >= 11 is 0. The number of phenolic OH excluding ortho intramolecular Hbond substituents is 1. The van der Waals surface area contributed by atoms with Gasteiger partial charge in [-0.05, 0) is 101 Å². The van der Waals surface area contributed by atoms with E-state index in [2.05, 4.69) is 46.9 Å². The molecule has 8 unspecified atom stereocenters. The number of amides is 8. The van der Waals surface area contributed by atoms with Gasteiger partial charge in [0.2, 0.25) is 47.3 Å². The lowest BCUT2D eigenvalue weighted by Crippen LogP contribution is -2.61. The number of phenols is 1. The summed E-state index contributed by atoms with van der Waals surface area (Å²) in [6.45, 7) is 9.22. The molecule has 2 rings (SSSR count). The summed E-state index contributed by atoms with van der Waals surface area (Å²) in [6.07, 6.45) is 2.51. The molecular formula is C47H82N18O9. The molecule has 0 saturated carbocycles. The Morgan fingerprint density at radius 2 is 1.11 bits per heavy atom. The Hall–Kier alpha value is -7.45. The highest BCUT2D eigenvalue weighted by molar-refractivity contribution is 5.98. The van der Waals surface area contributed by atoms with Crippen LogP contribution in [0.15, 0.2) is 39.2 Å². The molecule has 1 fully saturated rings. The fourth-order valence-corrected chi connectivity index (χ4v) is 7.82. The van der Waals surface area contributed by atoms with Crippen LogP contribution in [-0.4, -0.2) is 150 Å². The highest BCUT2D eigenvalue weighted by atomic mass is 16.3. The molecule has 74 heavy (non-hydrogen) atoms. The predicted molar refractivity (Wildman–Crippen MR) is 280 cm³/mol. The Morgan fingerprint density at radius 3 is 1.64 bits per heavy atom. The molecule has 23 N–H and O–H groups in total. The van der Waals surface area contributed by atoms with Gasteiger partial charge in [0, 0.05) is 32.6 Å². The molecule has 1 aliphatic heterocycles. The molecule has 0 radical (unpaired) electrons. The smallest absolute Gasteiger partial charge is 0.245 e. The van der Waals surface area contributed by atoms with E-state index in [1.54, 1.807) is 26.0 Å². The minimum Gasteiger partial charge on any atom is -0.508 e. The second-order valence-corrected chi connectivity index (χ2v) is 19.1. The number of aliphatic imine (C=N–C) groups is 3. The van der Waals surface area contributed by atoms with Gasteiger partial charge in [0.1, 0.15) is 48.0 Å². The zero-order valence-electron chi connectivity index (χ0n) is 43.3. The molecule has 1 saturated heterocycles. The normalized spacial score (nSPS) is 15.9. The van der Waals surface area contributed by atoms with E-state index in [0.717, 1.165) is 0 Å². The number of rotatable bonds is 32. The van der Waals surface area contributed by atoms with E-state index in [0.29, 0.717) is 24.8 Å². The number of nitrogens with two attached hydrogens (primary N) is 8. The lowest BCUT2D eigenvalue weighted by molar-refractivity contribution is -0.142. The lowest BCUT2D eigenvalue weighted by Gasteiger charge is -2.31. The number of aromatic hydroxyl groups is 1. The van der Waals surface area contributed by atoms with Gasteiger partial charge >= 0.3 is 0 Å². The molecule has 27 nitrogen and oxygen atoms in total. The summed E-state index contributed by atoms with van der Waals surface area (Å²) in [5, 5.41) is 26.0. The second-order valence-electron chi connectivity index (χ2n) is 19.1. The quantitative estimate of drug-likeness (QED) is 0.0185. The molecule has 1 heterocycles. The highest BCUT2D eigenvalue weighted by Gasteiger charge is 2.40.